The number of nitrogens with one attached hydrogen (secondary N) is 1. The molecule has 0 aromatic heterocycles. The molecule has 1 atom stereocenters. The molecule has 1 rings (SSSR count). The Bertz CT molecular complexity index is 363. The average Bonchev–Trinajstić information content (AvgIpc) is 2.42. The van der Waals surface area contributed by atoms with Crippen LogP contribution >= 0.6 is 15.9 Å². The van der Waals surface area contributed by atoms with Crippen molar-refractivity contribution in [2.75, 3.05) is 27.4 Å². The van der Waals surface area contributed by atoms with Crippen molar-refractivity contribution in [2.24, 2.45) is 0 Å². The summed E-state index contributed by atoms with van der Waals surface area (Å²) in [6, 6.07) is 6.72. The predicted molar refractivity (Wildman–Crippen MR) is 83.0 cm³/mol. The molecule has 0 amide bonds. The fourth-order valence-electron chi connectivity index (χ4n) is 2.01. The second kappa shape index (κ2) is 9.34. The summed E-state index contributed by atoms with van der Waals surface area (Å²) in [4.78, 5) is 0. The molecule has 3 nitrogen and oxygen atoms in total. The summed E-state index contributed by atoms with van der Waals surface area (Å²) in [6.07, 6.45) is 3.18. The molecule has 0 aliphatic heterocycles. The monoisotopic (exact) mass is 329 g/mol. The Hall–Kier alpha value is -0.580. The van der Waals surface area contributed by atoms with Gasteiger partial charge in [0.05, 0.1) is 11.6 Å². The summed E-state index contributed by atoms with van der Waals surface area (Å²) < 4.78 is 11.4. The second-order valence-corrected chi connectivity index (χ2v) is 5.46. The number of rotatable bonds is 9. The summed E-state index contributed by atoms with van der Waals surface area (Å²) in [5, 5.41) is 3.57. The Morgan fingerprint density at radius 3 is 2.68 bits per heavy atom. The molecule has 1 unspecified atom stereocenters. The molecule has 0 bridgehead atoms. The molecule has 0 aliphatic carbocycles. The minimum Gasteiger partial charge on any atom is -0.496 e. The van der Waals surface area contributed by atoms with E-state index in [0.29, 0.717) is 6.04 Å². The minimum absolute atomic E-state index is 0.459. The SMILES string of the molecule is CCCNC(CCOC)Cc1ccc(OC)c(Br)c1. The van der Waals surface area contributed by atoms with E-state index in [4.69, 9.17) is 9.47 Å². The third kappa shape index (κ3) is 5.93. The molecule has 0 aliphatic rings. The van der Waals surface area contributed by atoms with Crippen LogP contribution < -0.4 is 10.1 Å². The highest BCUT2D eigenvalue weighted by Gasteiger charge is 2.10. The van der Waals surface area contributed by atoms with Gasteiger partial charge >= 0.3 is 0 Å². The van der Waals surface area contributed by atoms with Gasteiger partial charge in [-0.1, -0.05) is 13.0 Å². The topological polar surface area (TPSA) is 30.5 Å². The van der Waals surface area contributed by atoms with E-state index in [1.165, 1.54) is 5.56 Å². The van der Waals surface area contributed by atoms with E-state index >= 15 is 0 Å². The fraction of sp³-hybridized carbons (Fsp3) is 0.600. The van der Waals surface area contributed by atoms with Crippen molar-refractivity contribution in [1.82, 2.24) is 5.32 Å². The quantitative estimate of drug-likeness (QED) is 0.753. The third-order valence-electron chi connectivity index (χ3n) is 3.05. The number of hydrogen-bond acceptors (Lipinski definition) is 3. The van der Waals surface area contributed by atoms with Crippen molar-refractivity contribution in [3.8, 4) is 5.75 Å². The molecular weight excluding hydrogens is 306 g/mol. The lowest BCUT2D eigenvalue weighted by molar-refractivity contribution is 0.182. The normalized spacial score (nSPS) is 12.4. The van der Waals surface area contributed by atoms with Gasteiger partial charge in [-0.3, -0.25) is 0 Å². The third-order valence-corrected chi connectivity index (χ3v) is 3.67. The van der Waals surface area contributed by atoms with Crippen molar-refractivity contribution < 1.29 is 9.47 Å². The molecule has 0 saturated carbocycles. The van der Waals surface area contributed by atoms with Crippen molar-refractivity contribution in [1.29, 1.82) is 0 Å². The van der Waals surface area contributed by atoms with E-state index in [0.717, 1.165) is 42.6 Å². The van der Waals surface area contributed by atoms with Gasteiger partial charge < -0.3 is 14.8 Å². The Morgan fingerprint density at radius 2 is 2.11 bits per heavy atom. The van der Waals surface area contributed by atoms with Crippen LogP contribution in [0, 0.1) is 0 Å². The van der Waals surface area contributed by atoms with Gasteiger partial charge in [-0.25, -0.2) is 0 Å². The van der Waals surface area contributed by atoms with Crippen LogP contribution in [0.3, 0.4) is 0 Å². The van der Waals surface area contributed by atoms with Crippen LogP contribution in [0.25, 0.3) is 0 Å². The fourth-order valence-corrected chi connectivity index (χ4v) is 2.59. The number of hydrogen-bond donors (Lipinski definition) is 1. The zero-order chi connectivity index (χ0) is 14.1. The zero-order valence-corrected chi connectivity index (χ0v) is 13.6. The van der Waals surface area contributed by atoms with Crippen LogP contribution in [0.4, 0.5) is 0 Å². The summed E-state index contributed by atoms with van der Waals surface area (Å²) in [5.41, 5.74) is 1.30. The molecule has 4 heteroatoms. The van der Waals surface area contributed by atoms with Crippen molar-refractivity contribution in [2.45, 2.75) is 32.2 Å². The van der Waals surface area contributed by atoms with Gasteiger partial charge in [0.15, 0.2) is 0 Å². The highest BCUT2D eigenvalue weighted by atomic mass is 79.9. The lowest BCUT2D eigenvalue weighted by Gasteiger charge is -2.18. The highest BCUT2D eigenvalue weighted by Crippen LogP contribution is 2.26. The Morgan fingerprint density at radius 1 is 1.32 bits per heavy atom. The maximum Gasteiger partial charge on any atom is 0.133 e. The smallest absolute Gasteiger partial charge is 0.133 e. The lowest BCUT2D eigenvalue weighted by Crippen LogP contribution is -2.32. The summed E-state index contributed by atoms with van der Waals surface area (Å²) >= 11 is 3.53. The zero-order valence-electron chi connectivity index (χ0n) is 12.0. The van der Waals surface area contributed by atoms with Crippen LogP contribution in [-0.4, -0.2) is 33.4 Å². The van der Waals surface area contributed by atoms with Gasteiger partial charge in [-0.05, 0) is 59.4 Å². The molecule has 1 aromatic rings. The van der Waals surface area contributed by atoms with Crippen LogP contribution in [0.5, 0.6) is 5.75 Å². The predicted octanol–water partition coefficient (Wildman–Crippen LogP) is 3.40. The first kappa shape index (κ1) is 16.5. The highest BCUT2D eigenvalue weighted by molar-refractivity contribution is 9.10. The maximum absolute atomic E-state index is 5.25. The number of benzene rings is 1. The maximum atomic E-state index is 5.25. The summed E-state index contributed by atoms with van der Waals surface area (Å²) in [6.45, 7) is 4.02. The molecule has 0 radical (unpaired) electrons. The lowest BCUT2D eigenvalue weighted by atomic mass is 10.0. The first-order chi connectivity index (χ1) is 9.21. The van der Waals surface area contributed by atoms with Gasteiger partial charge in [0.25, 0.3) is 0 Å². The van der Waals surface area contributed by atoms with Gasteiger partial charge in [0.2, 0.25) is 0 Å². The molecular formula is C15H24BrNO2. The van der Waals surface area contributed by atoms with Crippen LogP contribution in [0.2, 0.25) is 0 Å². The van der Waals surface area contributed by atoms with E-state index in [2.05, 4.69) is 40.3 Å². The van der Waals surface area contributed by atoms with Crippen LogP contribution in [0.1, 0.15) is 25.3 Å². The second-order valence-electron chi connectivity index (χ2n) is 4.61. The molecule has 0 heterocycles. The Labute approximate surface area is 124 Å². The Kier molecular flexibility index (Phi) is 8.10. The number of methoxy groups -OCH3 is 2. The molecule has 108 valence electrons. The van der Waals surface area contributed by atoms with E-state index in [1.54, 1.807) is 14.2 Å². The van der Waals surface area contributed by atoms with Gasteiger partial charge in [-0.2, -0.15) is 0 Å². The van der Waals surface area contributed by atoms with Gasteiger partial charge in [-0.15, -0.1) is 0 Å². The van der Waals surface area contributed by atoms with E-state index in [-0.39, 0.29) is 0 Å². The van der Waals surface area contributed by atoms with Gasteiger partial charge in [0, 0.05) is 19.8 Å². The summed E-state index contributed by atoms with van der Waals surface area (Å²) in [7, 11) is 3.44. The van der Waals surface area contributed by atoms with E-state index in [9.17, 15) is 0 Å². The largest absolute Gasteiger partial charge is 0.496 e. The first-order valence-electron chi connectivity index (χ1n) is 6.76. The minimum atomic E-state index is 0.459. The molecule has 1 aromatic carbocycles. The van der Waals surface area contributed by atoms with E-state index in [1.807, 2.05) is 6.07 Å². The molecule has 0 spiro atoms. The molecule has 19 heavy (non-hydrogen) atoms. The molecule has 0 saturated heterocycles. The van der Waals surface area contributed by atoms with Crippen molar-refractivity contribution in [3.63, 3.8) is 0 Å². The van der Waals surface area contributed by atoms with Crippen LogP contribution in [-0.2, 0) is 11.2 Å². The standard InChI is InChI=1S/C15H24BrNO2/c1-4-8-17-13(7-9-18-2)10-12-5-6-15(19-3)14(16)11-12/h5-6,11,13,17H,4,7-10H2,1-3H3. The van der Waals surface area contributed by atoms with Crippen LogP contribution in [0.15, 0.2) is 22.7 Å². The molecule has 0 fully saturated rings. The van der Waals surface area contributed by atoms with Crippen molar-refractivity contribution in [3.05, 3.63) is 28.2 Å². The Balaban J connectivity index is 2.63. The first-order valence-corrected chi connectivity index (χ1v) is 7.55. The molecule has 1 N–H and O–H groups in total. The number of ether oxygens (including phenoxy) is 2. The van der Waals surface area contributed by atoms with E-state index < -0.39 is 0 Å². The number of halogens is 1. The van der Waals surface area contributed by atoms with Gasteiger partial charge in [0.1, 0.15) is 5.75 Å². The van der Waals surface area contributed by atoms with Crippen molar-refractivity contribution >= 4 is 15.9 Å². The average molecular weight is 330 g/mol. The summed E-state index contributed by atoms with van der Waals surface area (Å²) in [5.74, 6) is 0.874.